The molecule has 0 saturated heterocycles. The molecule has 3 saturated carbocycles. The van der Waals surface area contributed by atoms with Gasteiger partial charge in [0.25, 0.3) is 0 Å². The Labute approximate surface area is 151 Å². The highest BCUT2D eigenvalue weighted by molar-refractivity contribution is 5.72. The molecule has 2 bridgehead atoms. The molecular weight excluding hydrogens is 306 g/mol. The van der Waals surface area contributed by atoms with Crippen LogP contribution in [-0.4, -0.2) is 13.7 Å². The zero-order valence-electron chi connectivity index (χ0n) is 15.6. The molecule has 0 heterocycles. The third-order valence-electron chi connectivity index (χ3n) is 6.86. The van der Waals surface area contributed by atoms with E-state index in [-0.39, 0.29) is 0 Å². The van der Waals surface area contributed by atoms with Gasteiger partial charge in [-0.1, -0.05) is 50.2 Å². The predicted molar refractivity (Wildman–Crippen MR) is 105 cm³/mol. The van der Waals surface area contributed by atoms with Crippen LogP contribution in [0.15, 0.2) is 48.5 Å². The van der Waals surface area contributed by atoms with Gasteiger partial charge < -0.3 is 10.1 Å². The van der Waals surface area contributed by atoms with Crippen molar-refractivity contribution in [1.29, 1.82) is 0 Å². The van der Waals surface area contributed by atoms with Crippen LogP contribution < -0.4 is 10.1 Å². The zero-order chi connectivity index (χ0) is 17.4. The highest BCUT2D eigenvalue weighted by Gasteiger charge is 2.53. The van der Waals surface area contributed by atoms with Gasteiger partial charge >= 0.3 is 0 Å². The summed E-state index contributed by atoms with van der Waals surface area (Å²) in [6.07, 6.45) is 4.20. The minimum atomic E-state index is 0.542. The second-order valence-corrected chi connectivity index (χ2v) is 8.36. The summed E-state index contributed by atoms with van der Waals surface area (Å²) < 4.78 is 5.59. The molecule has 132 valence electrons. The number of ether oxygens (including phenoxy) is 1. The molecule has 2 aromatic carbocycles. The first-order chi connectivity index (χ1) is 12.1. The second kappa shape index (κ2) is 6.40. The van der Waals surface area contributed by atoms with Crippen LogP contribution in [-0.2, 0) is 0 Å². The Morgan fingerprint density at radius 3 is 2.52 bits per heavy atom. The fourth-order valence-electron chi connectivity index (χ4n) is 5.10. The molecule has 0 aliphatic heterocycles. The lowest BCUT2D eigenvalue weighted by atomic mass is 9.45. The van der Waals surface area contributed by atoms with Gasteiger partial charge in [-0.15, -0.1) is 0 Å². The summed E-state index contributed by atoms with van der Waals surface area (Å²) >= 11 is 0. The van der Waals surface area contributed by atoms with E-state index < -0.39 is 0 Å². The van der Waals surface area contributed by atoms with Crippen LogP contribution in [0.1, 0.15) is 33.1 Å². The molecule has 1 unspecified atom stereocenters. The molecule has 2 aromatic rings. The maximum absolute atomic E-state index is 5.59. The lowest BCUT2D eigenvalue weighted by molar-refractivity contribution is -0.100. The van der Waals surface area contributed by atoms with E-state index in [1.54, 1.807) is 7.11 Å². The summed E-state index contributed by atoms with van der Waals surface area (Å²) in [5.41, 5.74) is 4.13. The molecule has 0 aromatic heterocycles. The molecule has 0 amide bonds. The number of benzene rings is 2. The Morgan fingerprint density at radius 1 is 1.04 bits per heavy atom. The average molecular weight is 335 g/mol. The Morgan fingerprint density at radius 2 is 1.84 bits per heavy atom. The highest BCUT2D eigenvalue weighted by atomic mass is 16.5. The van der Waals surface area contributed by atoms with Crippen LogP contribution in [0.25, 0.3) is 11.1 Å². The van der Waals surface area contributed by atoms with Crippen molar-refractivity contribution in [3.63, 3.8) is 0 Å². The molecule has 0 spiro atoms. The normalized spacial score (nSPS) is 26.6. The fraction of sp³-hybridized carbons (Fsp3) is 0.478. The molecule has 3 fully saturated rings. The lowest BCUT2D eigenvalue weighted by Crippen LogP contribution is -2.53. The third kappa shape index (κ3) is 2.92. The van der Waals surface area contributed by atoms with E-state index in [1.165, 1.54) is 30.4 Å². The van der Waals surface area contributed by atoms with E-state index in [0.29, 0.717) is 5.41 Å². The first-order valence-corrected chi connectivity index (χ1v) is 9.57. The molecule has 25 heavy (non-hydrogen) atoms. The standard InChI is InChI=1S/C23H29NO/c1-23(2)19-11-9-18(20(23)14-19)15-24-21-13-17(10-12-22(21)25-3)16-7-5-4-6-8-16/h4-8,10,12-13,18-20,24H,9,11,14-15H2,1-3H3/t18?,19-,20-/m0/s1. The molecule has 3 aliphatic rings. The summed E-state index contributed by atoms with van der Waals surface area (Å²) in [5.74, 6) is 3.55. The van der Waals surface area contributed by atoms with Crippen molar-refractivity contribution >= 4 is 5.69 Å². The summed E-state index contributed by atoms with van der Waals surface area (Å²) in [5, 5.41) is 3.71. The first kappa shape index (κ1) is 16.5. The third-order valence-corrected chi connectivity index (χ3v) is 6.86. The maximum atomic E-state index is 5.59. The molecule has 2 heteroatoms. The number of anilines is 1. The van der Waals surface area contributed by atoms with Gasteiger partial charge in [0.15, 0.2) is 0 Å². The monoisotopic (exact) mass is 335 g/mol. The molecule has 5 rings (SSSR count). The Bertz CT molecular complexity index is 735. The van der Waals surface area contributed by atoms with Crippen LogP contribution in [0.2, 0.25) is 0 Å². The smallest absolute Gasteiger partial charge is 0.141 e. The van der Waals surface area contributed by atoms with Crippen LogP contribution in [0.4, 0.5) is 5.69 Å². The zero-order valence-corrected chi connectivity index (χ0v) is 15.6. The van der Waals surface area contributed by atoms with Crippen LogP contribution in [0.3, 0.4) is 0 Å². The van der Waals surface area contributed by atoms with Gasteiger partial charge in [-0.3, -0.25) is 0 Å². The predicted octanol–water partition coefficient (Wildman–Crippen LogP) is 5.85. The van der Waals surface area contributed by atoms with Gasteiger partial charge in [-0.25, -0.2) is 0 Å². The molecule has 3 aliphatic carbocycles. The first-order valence-electron chi connectivity index (χ1n) is 9.57. The summed E-state index contributed by atoms with van der Waals surface area (Å²) in [4.78, 5) is 0. The van der Waals surface area contributed by atoms with Crippen molar-refractivity contribution in [3.8, 4) is 16.9 Å². The number of nitrogens with one attached hydrogen (secondary N) is 1. The minimum absolute atomic E-state index is 0.542. The molecule has 1 N–H and O–H groups in total. The lowest BCUT2D eigenvalue weighted by Gasteiger charge is -2.60. The second-order valence-electron chi connectivity index (χ2n) is 8.36. The van der Waals surface area contributed by atoms with Gasteiger partial charge in [0, 0.05) is 6.54 Å². The van der Waals surface area contributed by atoms with Crippen molar-refractivity contribution in [2.75, 3.05) is 19.0 Å². The van der Waals surface area contributed by atoms with Crippen LogP contribution >= 0.6 is 0 Å². The fourth-order valence-corrected chi connectivity index (χ4v) is 5.10. The van der Waals surface area contributed by atoms with E-state index in [9.17, 15) is 0 Å². The molecule has 3 atom stereocenters. The van der Waals surface area contributed by atoms with Gasteiger partial charge in [-0.05, 0) is 65.7 Å². The highest BCUT2D eigenvalue weighted by Crippen LogP contribution is 2.61. The number of hydrogen-bond acceptors (Lipinski definition) is 2. The van der Waals surface area contributed by atoms with E-state index in [4.69, 9.17) is 4.74 Å². The number of methoxy groups -OCH3 is 1. The van der Waals surface area contributed by atoms with Crippen molar-refractivity contribution in [1.82, 2.24) is 0 Å². The number of hydrogen-bond donors (Lipinski definition) is 1. The van der Waals surface area contributed by atoms with E-state index >= 15 is 0 Å². The average Bonchev–Trinajstić information content (AvgIpc) is 2.66. The summed E-state index contributed by atoms with van der Waals surface area (Å²) in [6, 6.07) is 17.0. The van der Waals surface area contributed by atoms with E-state index in [2.05, 4.69) is 67.7 Å². The van der Waals surface area contributed by atoms with Gasteiger partial charge in [0.05, 0.1) is 12.8 Å². The van der Waals surface area contributed by atoms with Crippen LogP contribution in [0, 0.1) is 23.2 Å². The van der Waals surface area contributed by atoms with Gasteiger partial charge in [0.1, 0.15) is 5.75 Å². The van der Waals surface area contributed by atoms with Crippen molar-refractivity contribution < 1.29 is 4.74 Å². The molecular formula is C23H29NO. The number of fused-ring (bicyclic) bond motifs is 2. The number of rotatable bonds is 5. The molecule has 2 nitrogen and oxygen atoms in total. The van der Waals surface area contributed by atoms with Crippen LogP contribution in [0.5, 0.6) is 5.75 Å². The SMILES string of the molecule is COc1ccc(-c2ccccc2)cc1NCC1CC[C@H]2C[C@@H]1C2(C)C. The Kier molecular flexibility index (Phi) is 4.23. The van der Waals surface area contributed by atoms with Gasteiger partial charge in [0.2, 0.25) is 0 Å². The largest absolute Gasteiger partial charge is 0.495 e. The van der Waals surface area contributed by atoms with Crippen molar-refractivity contribution in [2.45, 2.75) is 33.1 Å². The Balaban J connectivity index is 1.51. The van der Waals surface area contributed by atoms with Crippen molar-refractivity contribution in [3.05, 3.63) is 48.5 Å². The van der Waals surface area contributed by atoms with Crippen molar-refractivity contribution in [2.24, 2.45) is 23.2 Å². The Hall–Kier alpha value is -1.96. The van der Waals surface area contributed by atoms with Gasteiger partial charge in [-0.2, -0.15) is 0 Å². The summed E-state index contributed by atoms with van der Waals surface area (Å²) in [6.45, 7) is 5.98. The minimum Gasteiger partial charge on any atom is -0.495 e. The van der Waals surface area contributed by atoms with E-state index in [0.717, 1.165) is 35.7 Å². The maximum Gasteiger partial charge on any atom is 0.141 e. The summed E-state index contributed by atoms with van der Waals surface area (Å²) in [7, 11) is 1.75. The molecule has 0 radical (unpaired) electrons. The topological polar surface area (TPSA) is 21.3 Å². The quantitative estimate of drug-likeness (QED) is 0.740. The van der Waals surface area contributed by atoms with E-state index in [1.807, 2.05) is 0 Å².